The van der Waals surface area contributed by atoms with Crippen LogP contribution in [0.15, 0.2) is 238 Å². The molecule has 0 bridgehead atoms. The van der Waals surface area contributed by atoms with Crippen molar-refractivity contribution in [3.63, 3.8) is 0 Å². The van der Waals surface area contributed by atoms with E-state index in [1.165, 1.54) is 31.1 Å². The van der Waals surface area contributed by atoms with Crippen LogP contribution >= 0.6 is 46.4 Å². The number of ether oxygens (including phenoxy) is 5. The summed E-state index contributed by atoms with van der Waals surface area (Å²) >= 11 is 23.7. The van der Waals surface area contributed by atoms with E-state index in [-0.39, 0.29) is 61.0 Å². The summed E-state index contributed by atoms with van der Waals surface area (Å²) in [6, 6.07) is 47.8. The normalized spacial score (nSPS) is 10.5. The Kier molecular flexibility index (Phi) is 34.0. The van der Waals surface area contributed by atoms with E-state index in [4.69, 9.17) is 76.5 Å². The molecule has 15 aromatic rings. The van der Waals surface area contributed by atoms with Crippen LogP contribution in [0.25, 0.3) is 0 Å². The van der Waals surface area contributed by atoms with Crippen LogP contribution < -0.4 is 23.7 Å². The minimum absolute atomic E-state index is 0.0949. The molecule has 0 aliphatic carbocycles. The van der Waals surface area contributed by atoms with E-state index in [0.717, 1.165) is 63.2 Å². The number of Topliss-reactive ketones (excluding diaryl/α,β-unsaturated/α-hetero) is 5. The fourth-order valence-corrected chi connectivity index (χ4v) is 12.7. The molecule has 0 saturated carbocycles. The standard InChI is InChI=1S/C20H18ClN3O2.C20H14ClN3O2.C20H18ClN3O2.C19H16ClN3O2.C19H18N4O2/c1-12-4-5-16(24-14(12)3)8-20(25)19-9-17(6-13(2)23-19)26-18-7-15(21)10-22-11-18;1-3-14-4-5-16(23-10-14)8-20(25)19-9-17(6-13(2)24-19)26-18-7-15(21)11-22-12-18;1-3-15-5-4-6-16(24-15)9-20(25)19-10-17(7-13(2)23-19)26-18-8-14(21)11-22-12-18;1-12-4-3-5-15(22-12)8-19(24)18-9-16(6-13(2)23-18)25-17-7-14(20)10-21-11-17;1-3-14-7-16(25-17-10-20-12-21-11-17)9-18(23-14)19(24)8-15-6-4-5-13(2)22-15/h4-7,9-11H,8H2,1-3H3;1,4-7,9-12H,8H2,2H3;4-8,10-12H,3,9H2,1-2H3;3-7,9-11H,8H2,1-2H3;4-7,9-12H,3,8H2,1-2H3. The molecule has 0 N–H and O–H groups in total. The molecule has 15 heterocycles. The topological polar surface area (TPSA) is 338 Å². The number of hydrogen-bond donors (Lipinski definition) is 0. The maximum atomic E-state index is 12.6. The number of rotatable bonds is 27. The monoisotopic (exact) mass is 1780 g/mol. The molecule has 0 atom stereocenters. The minimum Gasteiger partial charge on any atom is -0.456 e. The Hall–Kier alpha value is -14.8. The van der Waals surface area contributed by atoms with Crippen molar-refractivity contribution in [2.24, 2.45) is 0 Å². The Morgan fingerprint density at radius 3 is 0.953 bits per heavy atom. The Labute approximate surface area is 759 Å². The number of halogens is 4. The van der Waals surface area contributed by atoms with Gasteiger partial charge in [0.1, 0.15) is 86.5 Å². The predicted octanol–water partition coefficient (Wildman–Crippen LogP) is 21.0. The molecule has 26 nitrogen and oxygen atoms in total. The van der Waals surface area contributed by atoms with Gasteiger partial charge in [-0.25, -0.2) is 34.9 Å². The van der Waals surface area contributed by atoms with Crippen molar-refractivity contribution < 1.29 is 47.7 Å². The lowest BCUT2D eigenvalue weighted by atomic mass is 10.1. The van der Waals surface area contributed by atoms with Gasteiger partial charge in [0, 0.05) is 201 Å². The van der Waals surface area contributed by atoms with Crippen LogP contribution in [0.4, 0.5) is 0 Å². The average molecular weight is 1790 g/mol. The van der Waals surface area contributed by atoms with Crippen LogP contribution in [0.2, 0.25) is 20.1 Å². The lowest BCUT2D eigenvalue weighted by Gasteiger charge is -2.09. The van der Waals surface area contributed by atoms with Gasteiger partial charge in [-0.05, 0) is 128 Å². The number of carbonyl (C=O) groups is 5. The molecule has 0 saturated heterocycles. The summed E-state index contributed by atoms with van der Waals surface area (Å²) in [7, 11) is 0. The molecule has 15 rings (SSSR count). The second-order valence-electron chi connectivity index (χ2n) is 28.7. The Morgan fingerprint density at radius 1 is 0.289 bits per heavy atom. The van der Waals surface area contributed by atoms with E-state index in [9.17, 15) is 24.0 Å². The third-order valence-electron chi connectivity index (χ3n) is 18.0. The first-order chi connectivity index (χ1) is 61.6. The Bertz CT molecular complexity index is 6530. The van der Waals surface area contributed by atoms with Crippen molar-refractivity contribution in [2.45, 2.75) is 114 Å². The first-order valence-electron chi connectivity index (χ1n) is 39.9. The van der Waals surface area contributed by atoms with Crippen LogP contribution in [0.5, 0.6) is 57.5 Å². The molecule has 0 unspecified atom stereocenters. The molecular weight excluding hydrogens is 1700 g/mol. The van der Waals surface area contributed by atoms with Crippen molar-refractivity contribution in [3.05, 3.63) is 378 Å². The van der Waals surface area contributed by atoms with Crippen LogP contribution in [0.3, 0.4) is 0 Å². The lowest BCUT2D eigenvalue weighted by molar-refractivity contribution is 0.0978. The molecule has 0 aliphatic heterocycles. The van der Waals surface area contributed by atoms with Gasteiger partial charge in [0.15, 0.2) is 34.7 Å². The molecule has 0 fully saturated rings. The first-order valence-corrected chi connectivity index (χ1v) is 41.4. The van der Waals surface area contributed by atoms with Gasteiger partial charge < -0.3 is 23.7 Å². The molecule has 644 valence electrons. The Balaban J connectivity index is 0.000000155. The SMILES string of the molecule is C#Cc1ccc(CC(=O)c2cc(Oc3cncc(Cl)c3)cc(C)n2)nc1.CCc1cc(Oc2cncnc2)cc(C(=O)Cc2cccc(C)n2)n1.CCc1cccc(CC(=O)c2cc(Oc3cncc(Cl)c3)cc(C)n2)n1.Cc1cc(Oc2cncc(Cl)c2)cc(C(=O)Cc2ccc(C)c(C)n2)n1.Cc1cccc(CC(=O)c2cc(Oc3cncc(Cl)c3)cc(C)n2)n1. The number of carbonyl (C=O) groups excluding carboxylic acids is 5. The molecule has 15 aromatic heterocycles. The van der Waals surface area contributed by atoms with E-state index in [1.807, 2.05) is 135 Å². The molecule has 0 radical (unpaired) electrons. The lowest BCUT2D eigenvalue weighted by Crippen LogP contribution is -2.09. The summed E-state index contributed by atoms with van der Waals surface area (Å²) in [5.74, 6) is 6.95. The van der Waals surface area contributed by atoms with E-state index < -0.39 is 0 Å². The van der Waals surface area contributed by atoms with Gasteiger partial charge in [0.25, 0.3) is 0 Å². The predicted molar refractivity (Wildman–Crippen MR) is 487 cm³/mol. The molecular formula is C98H84Cl4N16O10. The number of nitrogens with zero attached hydrogens (tertiary/aromatic N) is 16. The van der Waals surface area contributed by atoms with Crippen LogP contribution in [-0.4, -0.2) is 109 Å². The molecule has 0 amide bonds. The van der Waals surface area contributed by atoms with E-state index in [1.54, 1.807) is 141 Å². The molecule has 128 heavy (non-hydrogen) atoms. The number of hydrogen-bond acceptors (Lipinski definition) is 26. The van der Waals surface area contributed by atoms with Crippen molar-refractivity contribution >= 4 is 75.3 Å². The van der Waals surface area contributed by atoms with Crippen molar-refractivity contribution in [1.82, 2.24) is 79.7 Å². The highest BCUT2D eigenvalue weighted by atomic mass is 35.5. The smallest absolute Gasteiger partial charge is 0.187 e. The number of aryl methyl sites for hydroxylation is 10. The quantitative estimate of drug-likeness (QED) is 0.0341. The summed E-state index contributed by atoms with van der Waals surface area (Å²) < 4.78 is 28.8. The van der Waals surface area contributed by atoms with Gasteiger partial charge in [-0.15, -0.1) is 6.42 Å². The van der Waals surface area contributed by atoms with Crippen LogP contribution in [0.1, 0.15) is 157 Å². The summed E-state index contributed by atoms with van der Waals surface area (Å²) in [4.78, 5) is 130. The second kappa shape index (κ2) is 46.3. The van der Waals surface area contributed by atoms with Gasteiger partial charge in [0.05, 0.1) is 89.4 Å². The van der Waals surface area contributed by atoms with Gasteiger partial charge in [0.2, 0.25) is 0 Å². The zero-order valence-corrected chi connectivity index (χ0v) is 74.3. The maximum absolute atomic E-state index is 12.6. The van der Waals surface area contributed by atoms with Crippen LogP contribution in [0, 0.1) is 67.7 Å². The van der Waals surface area contributed by atoms with Gasteiger partial charge in [-0.2, -0.15) is 0 Å². The minimum atomic E-state index is -0.163. The highest BCUT2D eigenvalue weighted by Crippen LogP contribution is 2.31. The Morgan fingerprint density at radius 2 is 0.609 bits per heavy atom. The number of terminal acetylenes is 1. The molecule has 30 heteroatoms. The van der Waals surface area contributed by atoms with E-state index >= 15 is 0 Å². The number of ketones is 5. The summed E-state index contributed by atoms with van der Waals surface area (Å²) in [5, 5.41) is 1.90. The van der Waals surface area contributed by atoms with E-state index in [0.29, 0.717) is 147 Å². The van der Waals surface area contributed by atoms with Gasteiger partial charge in [-0.3, -0.25) is 68.8 Å². The highest BCUT2D eigenvalue weighted by Gasteiger charge is 2.20. The maximum Gasteiger partial charge on any atom is 0.187 e. The highest BCUT2D eigenvalue weighted by molar-refractivity contribution is 6.31. The number of pyridine rings is 14. The van der Waals surface area contributed by atoms with Crippen molar-refractivity contribution in [2.75, 3.05) is 0 Å². The first kappa shape index (κ1) is 93.9. The number of aromatic nitrogens is 16. The third kappa shape index (κ3) is 30.0. The molecule has 0 aromatic carbocycles. The van der Waals surface area contributed by atoms with Gasteiger partial charge >= 0.3 is 0 Å². The zero-order valence-electron chi connectivity index (χ0n) is 71.3. The van der Waals surface area contributed by atoms with Gasteiger partial charge in [-0.1, -0.05) is 90.4 Å². The summed E-state index contributed by atoms with van der Waals surface area (Å²) in [6.07, 6.45) is 26.2. The fraction of sp³-hybridized carbons (Fsp3) is 0.173. The van der Waals surface area contributed by atoms with Crippen molar-refractivity contribution in [3.8, 4) is 69.8 Å². The zero-order chi connectivity index (χ0) is 91.2. The summed E-state index contributed by atoms with van der Waals surface area (Å²) in [6.45, 7) is 19.0. The van der Waals surface area contributed by atoms with Crippen LogP contribution in [-0.2, 0) is 44.9 Å². The van der Waals surface area contributed by atoms with Crippen molar-refractivity contribution in [1.29, 1.82) is 0 Å². The fourth-order valence-electron chi connectivity index (χ4n) is 12.0. The summed E-state index contributed by atoms with van der Waals surface area (Å²) in [5.41, 5.74) is 14.2. The van der Waals surface area contributed by atoms with E-state index in [2.05, 4.69) is 85.7 Å². The molecule has 0 aliphatic rings. The average Bonchev–Trinajstić information content (AvgIpc) is 0.848. The second-order valence-corrected chi connectivity index (χ2v) is 30.4. The largest absolute Gasteiger partial charge is 0.456 e. The third-order valence-corrected chi connectivity index (χ3v) is 18.8. The molecule has 0 spiro atoms.